The number of piperidine rings is 1. The molecule has 2 nitrogen and oxygen atoms in total. The summed E-state index contributed by atoms with van der Waals surface area (Å²) in [4.78, 5) is 2.83. The Kier molecular flexibility index (Phi) is 4.66. The van der Waals surface area contributed by atoms with Gasteiger partial charge in [-0.3, -0.25) is 4.90 Å². The molecule has 1 aliphatic carbocycles. The van der Waals surface area contributed by atoms with Crippen molar-refractivity contribution in [2.24, 2.45) is 0 Å². The van der Waals surface area contributed by atoms with Crippen LogP contribution in [-0.4, -0.2) is 36.1 Å². The van der Waals surface area contributed by atoms with Crippen LogP contribution in [0.2, 0.25) is 0 Å². The van der Waals surface area contributed by atoms with Gasteiger partial charge in [-0.2, -0.15) is 0 Å². The molecule has 0 bridgehead atoms. The second-order valence-electron chi connectivity index (χ2n) is 5.89. The topological polar surface area (TPSA) is 15.3 Å². The molecule has 0 aromatic rings. The first-order chi connectivity index (χ1) is 7.77. The fourth-order valence-electron chi connectivity index (χ4n) is 3.33. The summed E-state index contributed by atoms with van der Waals surface area (Å²) in [6.07, 6.45) is 10.1. The van der Waals surface area contributed by atoms with Crippen molar-refractivity contribution in [1.82, 2.24) is 10.2 Å². The van der Waals surface area contributed by atoms with E-state index in [9.17, 15) is 0 Å². The smallest absolute Gasteiger partial charge is 0.0223 e. The van der Waals surface area contributed by atoms with Crippen LogP contribution in [0, 0.1) is 0 Å². The minimum atomic E-state index is 0.632. The van der Waals surface area contributed by atoms with Crippen molar-refractivity contribution in [3.63, 3.8) is 0 Å². The molecule has 2 heteroatoms. The van der Waals surface area contributed by atoms with E-state index in [1.807, 2.05) is 0 Å². The van der Waals surface area contributed by atoms with Gasteiger partial charge in [-0.25, -0.2) is 0 Å². The van der Waals surface area contributed by atoms with Crippen molar-refractivity contribution in [3.8, 4) is 0 Å². The van der Waals surface area contributed by atoms with Crippen LogP contribution in [-0.2, 0) is 0 Å². The number of nitrogens with one attached hydrogen (secondary N) is 1. The largest absolute Gasteiger partial charge is 0.313 e. The number of rotatable bonds is 4. The molecule has 2 rings (SSSR count). The second-order valence-corrected chi connectivity index (χ2v) is 5.89. The number of nitrogens with zero attached hydrogens (tertiary/aromatic N) is 1. The number of likely N-dealkylation sites (tertiary alicyclic amines) is 1. The van der Waals surface area contributed by atoms with Crippen LogP contribution in [0.1, 0.15) is 58.8 Å². The van der Waals surface area contributed by atoms with E-state index in [0.29, 0.717) is 6.04 Å². The van der Waals surface area contributed by atoms with Gasteiger partial charge in [0.15, 0.2) is 0 Å². The molecule has 0 radical (unpaired) electrons. The lowest BCUT2D eigenvalue weighted by molar-refractivity contribution is 0.0947. The predicted molar refractivity (Wildman–Crippen MR) is 69.7 cm³/mol. The summed E-state index contributed by atoms with van der Waals surface area (Å²) in [5, 5.41) is 3.63. The molecule has 1 unspecified atom stereocenters. The monoisotopic (exact) mass is 224 g/mol. The van der Waals surface area contributed by atoms with Crippen molar-refractivity contribution < 1.29 is 0 Å². The first-order valence-corrected chi connectivity index (χ1v) is 7.26. The SMILES string of the molecule is CC(C)NCC1CCCCN1C1CCCC1. The van der Waals surface area contributed by atoms with E-state index in [0.717, 1.165) is 12.1 Å². The maximum atomic E-state index is 3.63. The summed E-state index contributed by atoms with van der Waals surface area (Å²) in [5.41, 5.74) is 0. The molecule has 0 amide bonds. The fourth-order valence-corrected chi connectivity index (χ4v) is 3.33. The molecule has 1 saturated heterocycles. The highest BCUT2D eigenvalue weighted by Crippen LogP contribution is 2.29. The molecule has 1 N–H and O–H groups in total. The highest BCUT2D eigenvalue weighted by Gasteiger charge is 2.30. The molecule has 16 heavy (non-hydrogen) atoms. The molecule has 0 spiro atoms. The zero-order valence-corrected chi connectivity index (χ0v) is 11.0. The van der Waals surface area contributed by atoms with E-state index in [1.54, 1.807) is 0 Å². The summed E-state index contributed by atoms with van der Waals surface area (Å²) in [7, 11) is 0. The second kappa shape index (κ2) is 6.02. The molecule has 2 aliphatic rings. The van der Waals surface area contributed by atoms with Gasteiger partial charge in [0.25, 0.3) is 0 Å². The van der Waals surface area contributed by atoms with Gasteiger partial charge in [-0.15, -0.1) is 0 Å². The van der Waals surface area contributed by atoms with Crippen molar-refractivity contribution in [1.29, 1.82) is 0 Å². The summed E-state index contributed by atoms with van der Waals surface area (Å²) < 4.78 is 0. The normalized spacial score (nSPS) is 29.1. The summed E-state index contributed by atoms with van der Waals surface area (Å²) in [5.74, 6) is 0. The van der Waals surface area contributed by atoms with Gasteiger partial charge < -0.3 is 5.32 Å². The van der Waals surface area contributed by atoms with Gasteiger partial charge in [0, 0.05) is 24.7 Å². The van der Waals surface area contributed by atoms with Gasteiger partial charge >= 0.3 is 0 Å². The number of hydrogen-bond acceptors (Lipinski definition) is 2. The van der Waals surface area contributed by atoms with E-state index in [-0.39, 0.29) is 0 Å². The number of hydrogen-bond donors (Lipinski definition) is 1. The van der Waals surface area contributed by atoms with Gasteiger partial charge in [0.2, 0.25) is 0 Å². The summed E-state index contributed by atoms with van der Waals surface area (Å²) in [6, 6.07) is 2.37. The van der Waals surface area contributed by atoms with E-state index in [1.165, 1.54) is 58.0 Å². The Hall–Kier alpha value is -0.0800. The minimum absolute atomic E-state index is 0.632. The summed E-state index contributed by atoms with van der Waals surface area (Å²) >= 11 is 0. The van der Waals surface area contributed by atoms with Crippen molar-refractivity contribution >= 4 is 0 Å². The third-order valence-corrected chi connectivity index (χ3v) is 4.23. The molecule has 1 aliphatic heterocycles. The molecule has 1 heterocycles. The van der Waals surface area contributed by atoms with Crippen molar-refractivity contribution in [3.05, 3.63) is 0 Å². The van der Waals surface area contributed by atoms with Gasteiger partial charge in [-0.05, 0) is 32.2 Å². The van der Waals surface area contributed by atoms with Crippen LogP contribution < -0.4 is 5.32 Å². The van der Waals surface area contributed by atoms with Crippen molar-refractivity contribution in [2.45, 2.75) is 76.9 Å². The minimum Gasteiger partial charge on any atom is -0.313 e. The maximum Gasteiger partial charge on any atom is 0.0223 e. The average molecular weight is 224 g/mol. The molecular weight excluding hydrogens is 196 g/mol. The molecule has 94 valence electrons. The van der Waals surface area contributed by atoms with Gasteiger partial charge in [-0.1, -0.05) is 33.1 Å². The van der Waals surface area contributed by atoms with Crippen LogP contribution >= 0.6 is 0 Å². The lowest BCUT2D eigenvalue weighted by Crippen LogP contribution is -2.50. The Morgan fingerprint density at radius 1 is 1.06 bits per heavy atom. The van der Waals surface area contributed by atoms with E-state index >= 15 is 0 Å². The molecule has 0 aromatic carbocycles. The first-order valence-electron chi connectivity index (χ1n) is 7.26. The van der Waals surface area contributed by atoms with Crippen LogP contribution in [0.3, 0.4) is 0 Å². The molecule has 1 atom stereocenters. The van der Waals surface area contributed by atoms with Gasteiger partial charge in [0.1, 0.15) is 0 Å². The highest BCUT2D eigenvalue weighted by molar-refractivity contribution is 4.86. The maximum absolute atomic E-state index is 3.63. The Labute approximate surface area is 101 Å². The fraction of sp³-hybridized carbons (Fsp3) is 1.00. The molecular formula is C14H28N2. The van der Waals surface area contributed by atoms with E-state index in [2.05, 4.69) is 24.1 Å². The van der Waals surface area contributed by atoms with E-state index in [4.69, 9.17) is 0 Å². The Morgan fingerprint density at radius 3 is 2.44 bits per heavy atom. The molecule has 1 saturated carbocycles. The Morgan fingerprint density at radius 2 is 1.75 bits per heavy atom. The Balaban J connectivity index is 1.85. The van der Waals surface area contributed by atoms with Crippen LogP contribution in [0.15, 0.2) is 0 Å². The van der Waals surface area contributed by atoms with E-state index < -0.39 is 0 Å². The average Bonchev–Trinajstić information content (AvgIpc) is 2.80. The lowest BCUT2D eigenvalue weighted by Gasteiger charge is -2.40. The molecule has 2 fully saturated rings. The summed E-state index contributed by atoms with van der Waals surface area (Å²) in [6.45, 7) is 7.06. The highest BCUT2D eigenvalue weighted by atomic mass is 15.2. The van der Waals surface area contributed by atoms with Gasteiger partial charge in [0.05, 0.1) is 0 Å². The first kappa shape index (κ1) is 12.4. The van der Waals surface area contributed by atoms with Crippen LogP contribution in [0.4, 0.5) is 0 Å². The zero-order chi connectivity index (χ0) is 11.4. The third-order valence-electron chi connectivity index (χ3n) is 4.23. The standard InChI is InChI=1S/C14H28N2/c1-12(2)15-11-14-9-5-6-10-16(14)13-7-3-4-8-13/h12-15H,3-11H2,1-2H3. The Bertz CT molecular complexity index is 197. The third kappa shape index (κ3) is 3.21. The van der Waals surface area contributed by atoms with Crippen LogP contribution in [0.5, 0.6) is 0 Å². The van der Waals surface area contributed by atoms with Crippen molar-refractivity contribution in [2.75, 3.05) is 13.1 Å². The predicted octanol–water partition coefficient (Wildman–Crippen LogP) is 2.78. The quantitative estimate of drug-likeness (QED) is 0.790. The lowest BCUT2D eigenvalue weighted by atomic mass is 9.98. The molecule has 0 aromatic heterocycles. The zero-order valence-electron chi connectivity index (χ0n) is 11.0. The van der Waals surface area contributed by atoms with Crippen LogP contribution in [0.25, 0.3) is 0 Å².